The van der Waals surface area contributed by atoms with Crippen molar-refractivity contribution in [1.82, 2.24) is 0 Å². The highest BCUT2D eigenvalue weighted by molar-refractivity contribution is 6.04. The van der Waals surface area contributed by atoms with Crippen LogP contribution < -0.4 is 0 Å². The Bertz CT molecular complexity index is 439. The van der Waals surface area contributed by atoms with Gasteiger partial charge in [0.2, 0.25) is 0 Å². The van der Waals surface area contributed by atoms with Crippen LogP contribution in [0.3, 0.4) is 0 Å². The molecule has 1 aromatic carbocycles. The number of hydrogen-bond donors (Lipinski definition) is 1. The molecule has 0 saturated carbocycles. The molecule has 72 valence electrons. The third-order valence-electron chi connectivity index (χ3n) is 2.34. The van der Waals surface area contributed by atoms with Gasteiger partial charge in [-0.2, -0.15) is 0 Å². The molecule has 5 heteroatoms. The van der Waals surface area contributed by atoms with Gasteiger partial charge < -0.3 is 5.11 Å². The molecule has 0 bridgehead atoms. The van der Waals surface area contributed by atoms with E-state index in [1.807, 2.05) is 0 Å². The molecule has 0 spiro atoms. The lowest BCUT2D eigenvalue weighted by atomic mass is 10.1. The van der Waals surface area contributed by atoms with Crippen molar-refractivity contribution < 1.29 is 14.8 Å². The van der Waals surface area contributed by atoms with Crippen LogP contribution >= 0.6 is 0 Å². The smallest absolute Gasteiger partial charge is 0.280 e. The van der Waals surface area contributed by atoms with Crippen molar-refractivity contribution in [3.8, 4) is 5.75 Å². The standard InChI is InChI=1S/C9H7NO4/c11-7-4-2-6(10(13)14)9-5(7)1-3-8(9)12/h2,4,11H,1,3H2. The van der Waals surface area contributed by atoms with Gasteiger partial charge in [-0.25, -0.2) is 0 Å². The average Bonchev–Trinajstić information content (AvgIpc) is 2.50. The van der Waals surface area contributed by atoms with Gasteiger partial charge in [-0.05, 0) is 12.5 Å². The molecule has 0 saturated heterocycles. The molecule has 1 aromatic rings. The summed E-state index contributed by atoms with van der Waals surface area (Å²) in [4.78, 5) is 21.3. The summed E-state index contributed by atoms with van der Waals surface area (Å²) in [6.45, 7) is 0. The van der Waals surface area contributed by atoms with Crippen LogP contribution in [0.4, 0.5) is 5.69 Å². The summed E-state index contributed by atoms with van der Waals surface area (Å²) in [7, 11) is 0. The van der Waals surface area contributed by atoms with Crippen molar-refractivity contribution in [3.05, 3.63) is 33.4 Å². The third kappa shape index (κ3) is 1.06. The highest BCUT2D eigenvalue weighted by Crippen LogP contribution is 2.35. The Kier molecular flexibility index (Phi) is 1.73. The van der Waals surface area contributed by atoms with E-state index in [-0.39, 0.29) is 29.2 Å². The maximum absolute atomic E-state index is 11.3. The molecule has 5 nitrogen and oxygen atoms in total. The molecule has 1 N–H and O–H groups in total. The predicted molar refractivity (Wildman–Crippen MR) is 47.4 cm³/mol. The number of carbonyl (C=O) groups excluding carboxylic acids is 1. The summed E-state index contributed by atoms with van der Waals surface area (Å²) in [5, 5.41) is 20.0. The van der Waals surface area contributed by atoms with Crippen LogP contribution in [-0.2, 0) is 6.42 Å². The number of Topliss-reactive ketones (excluding diaryl/α,β-unsaturated/α-hetero) is 1. The van der Waals surface area contributed by atoms with Gasteiger partial charge in [0.1, 0.15) is 11.3 Å². The fourth-order valence-corrected chi connectivity index (χ4v) is 1.70. The number of carbonyl (C=O) groups is 1. The Morgan fingerprint density at radius 3 is 2.71 bits per heavy atom. The van der Waals surface area contributed by atoms with E-state index in [0.29, 0.717) is 12.0 Å². The Hall–Kier alpha value is -1.91. The first kappa shape index (κ1) is 8.68. The van der Waals surface area contributed by atoms with Crippen LogP contribution in [0.15, 0.2) is 12.1 Å². The van der Waals surface area contributed by atoms with Gasteiger partial charge >= 0.3 is 0 Å². The van der Waals surface area contributed by atoms with Crippen molar-refractivity contribution in [1.29, 1.82) is 0 Å². The summed E-state index contributed by atoms with van der Waals surface area (Å²) < 4.78 is 0. The van der Waals surface area contributed by atoms with E-state index in [9.17, 15) is 20.0 Å². The zero-order chi connectivity index (χ0) is 10.3. The summed E-state index contributed by atoms with van der Waals surface area (Å²) in [5.41, 5.74) is 0.277. The second kappa shape index (κ2) is 2.80. The van der Waals surface area contributed by atoms with Crippen LogP contribution in [-0.4, -0.2) is 15.8 Å². The lowest BCUT2D eigenvalue weighted by molar-refractivity contribution is -0.385. The summed E-state index contributed by atoms with van der Waals surface area (Å²) in [6.07, 6.45) is 0.634. The molecule has 0 fully saturated rings. The van der Waals surface area contributed by atoms with Crippen LogP contribution in [0.2, 0.25) is 0 Å². The van der Waals surface area contributed by atoms with E-state index in [0.717, 1.165) is 6.07 Å². The van der Waals surface area contributed by atoms with E-state index in [2.05, 4.69) is 0 Å². The fourth-order valence-electron chi connectivity index (χ4n) is 1.70. The number of hydrogen-bond acceptors (Lipinski definition) is 4. The third-order valence-corrected chi connectivity index (χ3v) is 2.34. The van der Waals surface area contributed by atoms with E-state index in [1.165, 1.54) is 6.07 Å². The van der Waals surface area contributed by atoms with Crippen LogP contribution in [0, 0.1) is 10.1 Å². The summed E-state index contributed by atoms with van der Waals surface area (Å²) in [6, 6.07) is 2.42. The molecule has 1 aliphatic rings. The molecule has 0 heterocycles. The predicted octanol–water partition coefficient (Wildman–Crippen LogP) is 1.43. The number of nitro groups is 1. The molecule has 14 heavy (non-hydrogen) atoms. The Morgan fingerprint density at radius 2 is 2.07 bits per heavy atom. The molecule has 0 unspecified atom stereocenters. The van der Waals surface area contributed by atoms with Gasteiger partial charge in [0.25, 0.3) is 5.69 Å². The van der Waals surface area contributed by atoms with Crippen molar-refractivity contribution in [2.24, 2.45) is 0 Å². The summed E-state index contributed by atoms with van der Waals surface area (Å²) in [5.74, 6) is -0.293. The van der Waals surface area contributed by atoms with Crippen LogP contribution in [0.5, 0.6) is 5.75 Å². The molecule has 0 amide bonds. The Labute approximate surface area is 79.1 Å². The number of nitrogens with zero attached hydrogens (tertiary/aromatic N) is 1. The second-order valence-electron chi connectivity index (χ2n) is 3.14. The molecule has 0 aliphatic heterocycles. The number of phenols is 1. The van der Waals surface area contributed by atoms with Gasteiger partial charge in [-0.3, -0.25) is 14.9 Å². The van der Waals surface area contributed by atoms with E-state index in [1.54, 1.807) is 0 Å². The van der Waals surface area contributed by atoms with Gasteiger partial charge in [-0.1, -0.05) is 0 Å². The normalized spacial score (nSPS) is 14.1. The zero-order valence-corrected chi connectivity index (χ0v) is 7.19. The van der Waals surface area contributed by atoms with Gasteiger partial charge in [-0.15, -0.1) is 0 Å². The first-order valence-electron chi connectivity index (χ1n) is 4.13. The molecule has 0 aromatic heterocycles. The highest BCUT2D eigenvalue weighted by Gasteiger charge is 2.30. The maximum atomic E-state index is 11.3. The molecule has 1 aliphatic carbocycles. The lowest BCUT2D eigenvalue weighted by Gasteiger charge is -2.01. The number of nitro benzene ring substituents is 1. The Morgan fingerprint density at radius 1 is 1.36 bits per heavy atom. The van der Waals surface area contributed by atoms with Crippen molar-refractivity contribution in [3.63, 3.8) is 0 Å². The minimum Gasteiger partial charge on any atom is -0.508 e. The molecular weight excluding hydrogens is 186 g/mol. The van der Waals surface area contributed by atoms with Crippen molar-refractivity contribution in [2.45, 2.75) is 12.8 Å². The van der Waals surface area contributed by atoms with Gasteiger partial charge in [0, 0.05) is 18.1 Å². The van der Waals surface area contributed by atoms with Crippen molar-refractivity contribution >= 4 is 11.5 Å². The van der Waals surface area contributed by atoms with Gasteiger partial charge in [0.05, 0.1) is 4.92 Å². The monoisotopic (exact) mass is 193 g/mol. The second-order valence-corrected chi connectivity index (χ2v) is 3.14. The van der Waals surface area contributed by atoms with Crippen molar-refractivity contribution in [2.75, 3.05) is 0 Å². The number of rotatable bonds is 1. The topological polar surface area (TPSA) is 80.4 Å². The van der Waals surface area contributed by atoms with Crippen LogP contribution in [0.25, 0.3) is 0 Å². The van der Waals surface area contributed by atoms with E-state index >= 15 is 0 Å². The number of benzene rings is 1. The maximum Gasteiger partial charge on any atom is 0.280 e. The molecule has 2 rings (SSSR count). The minimum absolute atomic E-state index is 0.0311. The van der Waals surface area contributed by atoms with E-state index < -0.39 is 4.92 Å². The fraction of sp³-hybridized carbons (Fsp3) is 0.222. The number of aromatic hydroxyl groups is 1. The van der Waals surface area contributed by atoms with Crippen LogP contribution in [0.1, 0.15) is 22.3 Å². The quantitative estimate of drug-likeness (QED) is 0.540. The highest BCUT2D eigenvalue weighted by atomic mass is 16.6. The van der Waals surface area contributed by atoms with Gasteiger partial charge in [0.15, 0.2) is 5.78 Å². The molecule has 0 atom stereocenters. The number of phenolic OH excluding ortho intramolecular Hbond substituents is 1. The molecule has 0 radical (unpaired) electrons. The lowest BCUT2D eigenvalue weighted by Crippen LogP contribution is -1.99. The van der Waals surface area contributed by atoms with E-state index in [4.69, 9.17) is 0 Å². The largest absolute Gasteiger partial charge is 0.508 e. The first-order valence-corrected chi connectivity index (χ1v) is 4.13. The minimum atomic E-state index is -0.596. The zero-order valence-electron chi connectivity index (χ0n) is 7.19. The number of ketones is 1. The molecular formula is C9H7NO4. The summed E-state index contributed by atoms with van der Waals surface area (Å²) >= 11 is 0. The average molecular weight is 193 g/mol. The number of fused-ring (bicyclic) bond motifs is 1. The SMILES string of the molecule is O=C1CCc2c(O)ccc([N+](=O)[O-])c21. The Balaban J connectivity index is 2.72. The first-order chi connectivity index (χ1) is 6.61.